The number of hydrogen-bond donors (Lipinski definition) is 1. The van der Waals surface area contributed by atoms with Gasteiger partial charge in [-0.3, -0.25) is 9.59 Å². The fourth-order valence-electron chi connectivity index (χ4n) is 3.12. The number of nitrogens with zero attached hydrogens (tertiary/aromatic N) is 1. The van der Waals surface area contributed by atoms with Crippen LogP contribution in [0.2, 0.25) is 0 Å². The van der Waals surface area contributed by atoms with Crippen LogP contribution < -0.4 is 5.32 Å². The molecule has 0 aromatic rings. The predicted octanol–water partition coefficient (Wildman–Crippen LogP) is 5.09. The van der Waals surface area contributed by atoms with Gasteiger partial charge in [0, 0.05) is 45.1 Å². The lowest BCUT2D eigenvalue weighted by Crippen LogP contribution is -2.46. The van der Waals surface area contributed by atoms with Gasteiger partial charge in [0.05, 0.1) is 13.0 Å². The largest absolute Gasteiger partial charge is 0.459 e. The molecule has 6 heteroatoms. The molecule has 0 amide bonds. The number of ether oxygens (including phenoxy) is 2. The molecule has 1 aliphatic rings. The number of nitrogens with one attached hydrogen (secondary N) is 1. The molecule has 33 heavy (non-hydrogen) atoms. The zero-order chi connectivity index (χ0) is 25.9. The van der Waals surface area contributed by atoms with Crippen LogP contribution in [0.3, 0.4) is 0 Å². The van der Waals surface area contributed by atoms with Crippen LogP contribution in [0.15, 0.2) is 0 Å². The zero-order valence-corrected chi connectivity index (χ0v) is 23.6. The molecule has 0 bridgehead atoms. The Labute approximate surface area is 204 Å². The fourth-order valence-corrected chi connectivity index (χ4v) is 3.12. The van der Waals surface area contributed by atoms with Crippen molar-refractivity contribution in [3.05, 3.63) is 0 Å². The lowest BCUT2D eigenvalue weighted by molar-refractivity contribution is -0.170. The topological polar surface area (TPSA) is 67.9 Å². The molecule has 1 heterocycles. The third-order valence-corrected chi connectivity index (χ3v) is 6.96. The second kappa shape index (κ2) is 14.4. The van der Waals surface area contributed by atoms with Gasteiger partial charge in [0.25, 0.3) is 0 Å². The summed E-state index contributed by atoms with van der Waals surface area (Å²) >= 11 is 0. The van der Waals surface area contributed by atoms with Crippen LogP contribution in [-0.4, -0.2) is 67.2 Å². The molecule has 1 rings (SSSR count). The molecule has 0 spiro atoms. The van der Waals surface area contributed by atoms with Crippen molar-refractivity contribution < 1.29 is 19.1 Å². The number of esters is 1. The van der Waals surface area contributed by atoms with E-state index < -0.39 is 11.2 Å². The van der Waals surface area contributed by atoms with E-state index in [1.165, 1.54) is 6.42 Å². The summed E-state index contributed by atoms with van der Waals surface area (Å²) < 4.78 is 11.9. The summed E-state index contributed by atoms with van der Waals surface area (Å²) in [6.07, 6.45) is 2.13. The van der Waals surface area contributed by atoms with Gasteiger partial charge in [-0.05, 0) is 39.0 Å². The first-order valence-electron chi connectivity index (χ1n) is 12.9. The average molecular weight is 471 g/mol. The summed E-state index contributed by atoms with van der Waals surface area (Å²) in [5.41, 5.74) is -1.61. The smallest absolute Gasteiger partial charge is 0.306 e. The third kappa shape index (κ3) is 12.3. The van der Waals surface area contributed by atoms with Crippen LogP contribution in [0.1, 0.15) is 95.4 Å². The van der Waals surface area contributed by atoms with Crippen molar-refractivity contribution in [2.24, 2.45) is 17.3 Å². The van der Waals surface area contributed by atoms with E-state index in [1.54, 1.807) is 0 Å². The molecule has 6 nitrogen and oxygen atoms in total. The molecular formula is C27H54N2O4. The molecule has 0 radical (unpaired) electrons. The molecule has 1 unspecified atom stereocenters. The van der Waals surface area contributed by atoms with E-state index >= 15 is 0 Å². The van der Waals surface area contributed by atoms with Crippen molar-refractivity contribution in [1.29, 1.82) is 0 Å². The van der Waals surface area contributed by atoms with Crippen LogP contribution in [-0.2, 0) is 19.1 Å². The summed E-state index contributed by atoms with van der Waals surface area (Å²) in [4.78, 5) is 27.5. The Balaban J connectivity index is 0.00000322. The highest BCUT2D eigenvalue weighted by Gasteiger charge is 2.36. The third-order valence-electron chi connectivity index (χ3n) is 6.96. The maximum atomic E-state index is 12.7. The number of piperazine rings is 1. The van der Waals surface area contributed by atoms with Gasteiger partial charge in [-0.25, -0.2) is 0 Å². The average Bonchev–Trinajstić information content (AvgIpc) is 2.70. The lowest BCUT2D eigenvalue weighted by Gasteiger charge is -2.36. The van der Waals surface area contributed by atoms with Crippen molar-refractivity contribution in [1.82, 2.24) is 10.2 Å². The zero-order valence-electron chi connectivity index (χ0n) is 23.6. The number of hydrogen-bond acceptors (Lipinski definition) is 6. The van der Waals surface area contributed by atoms with Gasteiger partial charge < -0.3 is 19.7 Å². The molecule has 1 fully saturated rings. The number of carbonyl (C=O) groups is 2. The van der Waals surface area contributed by atoms with Crippen molar-refractivity contribution in [2.45, 2.75) is 107 Å². The first-order valence-corrected chi connectivity index (χ1v) is 12.9. The van der Waals surface area contributed by atoms with Crippen molar-refractivity contribution in [3.63, 3.8) is 0 Å². The van der Waals surface area contributed by atoms with Gasteiger partial charge in [0.15, 0.2) is 5.78 Å². The maximum Gasteiger partial charge on any atom is 0.306 e. The highest BCUT2D eigenvalue weighted by atomic mass is 16.6. The van der Waals surface area contributed by atoms with Crippen LogP contribution in [0.25, 0.3) is 0 Å². The molecule has 1 N–H and O–H groups in total. The van der Waals surface area contributed by atoms with E-state index in [0.717, 1.165) is 32.7 Å². The van der Waals surface area contributed by atoms with Crippen LogP contribution in [0.4, 0.5) is 0 Å². The highest BCUT2D eigenvalue weighted by molar-refractivity contribution is 5.86. The molecule has 0 aromatic heterocycles. The molecule has 1 saturated heterocycles. The maximum absolute atomic E-state index is 12.7. The SMILES string of the molecule is CC(C)C(C)(C)CC(=O)OC(C)(C)C(C)COC(C)(C)C(=O)CCN1CCNCC1.CCC. The Bertz CT molecular complexity index is 579. The minimum atomic E-state index is -0.845. The van der Waals surface area contributed by atoms with Gasteiger partial charge in [-0.15, -0.1) is 0 Å². The lowest BCUT2D eigenvalue weighted by atomic mass is 9.78. The molecule has 1 atom stereocenters. The molecule has 196 valence electrons. The summed E-state index contributed by atoms with van der Waals surface area (Å²) in [6.45, 7) is 27.3. The summed E-state index contributed by atoms with van der Waals surface area (Å²) in [6, 6.07) is 0. The molecule has 1 aliphatic heterocycles. The van der Waals surface area contributed by atoms with Gasteiger partial charge in [-0.1, -0.05) is 54.9 Å². The first kappa shape index (κ1) is 32.0. The Kier molecular flexibility index (Phi) is 14.0. The predicted molar refractivity (Wildman–Crippen MR) is 138 cm³/mol. The molecule has 0 aliphatic carbocycles. The molecule has 0 saturated carbocycles. The van der Waals surface area contributed by atoms with E-state index in [2.05, 4.69) is 51.8 Å². The quantitative estimate of drug-likeness (QED) is 0.401. The Morgan fingerprint density at radius 2 is 1.48 bits per heavy atom. The summed E-state index contributed by atoms with van der Waals surface area (Å²) in [5, 5.41) is 3.32. The van der Waals surface area contributed by atoms with E-state index in [-0.39, 0.29) is 23.1 Å². The number of Topliss-reactive ketones (excluding diaryl/α,β-unsaturated/α-hetero) is 1. The van der Waals surface area contributed by atoms with Gasteiger partial charge in [-0.2, -0.15) is 0 Å². The number of rotatable bonds is 12. The van der Waals surface area contributed by atoms with Crippen LogP contribution >= 0.6 is 0 Å². The van der Waals surface area contributed by atoms with Crippen LogP contribution in [0.5, 0.6) is 0 Å². The number of ketones is 1. The van der Waals surface area contributed by atoms with Crippen molar-refractivity contribution >= 4 is 11.8 Å². The standard InChI is InChI=1S/C24H46N2O4.C3H8/c1-18(2)22(4,5)16-21(28)30-23(6,7)19(3)17-29-24(8,9)20(27)10-13-26-14-11-25-12-15-26;1-3-2/h18-19,25H,10-17H2,1-9H3;3H2,1-2H3. The normalized spacial score (nSPS) is 16.7. The first-order chi connectivity index (χ1) is 15.1. The van der Waals surface area contributed by atoms with Crippen molar-refractivity contribution in [3.8, 4) is 0 Å². The fraction of sp³-hybridized carbons (Fsp3) is 0.926. The Morgan fingerprint density at radius 3 is 1.97 bits per heavy atom. The van der Waals surface area contributed by atoms with E-state index in [0.29, 0.717) is 25.4 Å². The molecule has 0 aromatic carbocycles. The van der Waals surface area contributed by atoms with Gasteiger partial charge in [0.1, 0.15) is 11.2 Å². The minimum absolute atomic E-state index is 0.0381. The minimum Gasteiger partial charge on any atom is -0.459 e. The van der Waals surface area contributed by atoms with E-state index in [9.17, 15) is 9.59 Å². The Hall–Kier alpha value is -0.980. The van der Waals surface area contributed by atoms with E-state index in [1.807, 2.05) is 34.6 Å². The van der Waals surface area contributed by atoms with Gasteiger partial charge in [0.2, 0.25) is 0 Å². The van der Waals surface area contributed by atoms with Crippen molar-refractivity contribution in [2.75, 3.05) is 39.3 Å². The molecular weight excluding hydrogens is 416 g/mol. The Morgan fingerprint density at radius 1 is 0.970 bits per heavy atom. The second-order valence-electron chi connectivity index (χ2n) is 11.6. The second-order valence-corrected chi connectivity index (χ2v) is 11.6. The highest BCUT2D eigenvalue weighted by Crippen LogP contribution is 2.32. The van der Waals surface area contributed by atoms with E-state index in [4.69, 9.17) is 9.47 Å². The van der Waals surface area contributed by atoms with Gasteiger partial charge >= 0.3 is 5.97 Å². The van der Waals surface area contributed by atoms with Crippen LogP contribution in [0, 0.1) is 17.3 Å². The number of carbonyl (C=O) groups excluding carboxylic acids is 2. The summed E-state index contributed by atoms with van der Waals surface area (Å²) in [7, 11) is 0. The monoisotopic (exact) mass is 470 g/mol. The summed E-state index contributed by atoms with van der Waals surface area (Å²) in [5.74, 6) is 0.282.